The average molecular weight is 550 g/mol. The van der Waals surface area contributed by atoms with Gasteiger partial charge in [0.25, 0.3) is 0 Å². The minimum absolute atomic E-state index is 0.139. The summed E-state index contributed by atoms with van der Waals surface area (Å²) in [5, 5.41) is 4.65. The number of likely N-dealkylation sites (N-methyl/N-ethyl adjacent to an activating group) is 1. The first-order valence-corrected chi connectivity index (χ1v) is 13.5. The van der Waals surface area contributed by atoms with Gasteiger partial charge < -0.3 is 10.2 Å². The maximum absolute atomic E-state index is 13.5. The molecule has 0 bridgehead atoms. The Morgan fingerprint density at radius 1 is 0.886 bits per heavy atom. The summed E-state index contributed by atoms with van der Waals surface area (Å²) in [5.41, 5.74) is 2.67. The molecule has 1 N–H and O–H groups in total. The molecule has 4 nitrogen and oxygen atoms in total. The highest BCUT2D eigenvalue weighted by atomic mass is 35.5. The number of nitrogens with one attached hydrogen (secondary N) is 1. The standard InChI is InChI=1S/C27H27Cl3N2O2S/c1-2-31-27(34)25(15-19-7-4-3-5-8-19)32(16-20-11-13-21(28)14-12-20)26(33)18-35-17-22-23(29)9-6-10-24(22)30/h3-14,25H,2,15-18H2,1H3,(H,31,34)/t25-/m0/s1. The Kier molecular flexibility index (Phi) is 10.8. The molecule has 0 unspecified atom stereocenters. The van der Waals surface area contributed by atoms with E-state index in [0.717, 1.165) is 16.7 Å². The van der Waals surface area contributed by atoms with Gasteiger partial charge in [-0.25, -0.2) is 0 Å². The Morgan fingerprint density at radius 3 is 2.17 bits per heavy atom. The van der Waals surface area contributed by atoms with Crippen LogP contribution in [0.25, 0.3) is 0 Å². The van der Waals surface area contributed by atoms with E-state index in [1.54, 1.807) is 35.2 Å². The molecule has 0 spiro atoms. The third-order valence-electron chi connectivity index (χ3n) is 5.42. The minimum Gasteiger partial charge on any atom is -0.355 e. The van der Waals surface area contributed by atoms with Crippen molar-refractivity contribution in [3.05, 3.63) is 105 Å². The SMILES string of the molecule is CCNC(=O)[C@H](Cc1ccccc1)N(Cc1ccc(Cl)cc1)C(=O)CSCc1c(Cl)cccc1Cl. The van der Waals surface area contributed by atoms with Crippen LogP contribution in [0.15, 0.2) is 72.8 Å². The van der Waals surface area contributed by atoms with Crippen molar-refractivity contribution in [2.24, 2.45) is 0 Å². The second kappa shape index (κ2) is 13.8. The summed E-state index contributed by atoms with van der Waals surface area (Å²) in [6.07, 6.45) is 0.410. The van der Waals surface area contributed by atoms with E-state index in [-0.39, 0.29) is 24.1 Å². The number of nitrogens with zero attached hydrogens (tertiary/aromatic N) is 1. The first-order chi connectivity index (χ1) is 16.9. The van der Waals surface area contributed by atoms with Crippen LogP contribution in [0.3, 0.4) is 0 Å². The number of hydrogen-bond donors (Lipinski definition) is 1. The molecule has 3 aromatic rings. The lowest BCUT2D eigenvalue weighted by Gasteiger charge is -2.31. The highest BCUT2D eigenvalue weighted by Gasteiger charge is 2.30. The molecule has 0 heterocycles. The molecule has 0 saturated carbocycles. The Balaban J connectivity index is 1.84. The Labute approximate surface area is 225 Å². The van der Waals surface area contributed by atoms with Gasteiger partial charge in [0.05, 0.1) is 5.75 Å². The van der Waals surface area contributed by atoms with E-state index < -0.39 is 6.04 Å². The van der Waals surface area contributed by atoms with Crippen molar-refractivity contribution in [1.29, 1.82) is 0 Å². The van der Waals surface area contributed by atoms with Crippen LogP contribution >= 0.6 is 46.6 Å². The number of halogens is 3. The van der Waals surface area contributed by atoms with Crippen molar-refractivity contribution < 1.29 is 9.59 Å². The van der Waals surface area contributed by atoms with Crippen LogP contribution in [0.4, 0.5) is 0 Å². The van der Waals surface area contributed by atoms with E-state index in [1.165, 1.54) is 11.8 Å². The lowest BCUT2D eigenvalue weighted by Crippen LogP contribution is -2.51. The van der Waals surface area contributed by atoms with E-state index in [2.05, 4.69) is 5.32 Å². The third-order valence-corrected chi connectivity index (χ3v) is 7.33. The van der Waals surface area contributed by atoms with Gasteiger partial charge in [-0.3, -0.25) is 9.59 Å². The molecule has 8 heteroatoms. The highest BCUT2D eigenvalue weighted by molar-refractivity contribution is 7.99. The number of benzene rings is 3. The van der Waals surface area contributed by atoms with Gasteiger partial charge in [-0.1, -0.05) is 83.3 Å². The molecule has 35 heavy (non-hydrogen) atoms. The molecular formula is C27H27Cl3N2O2S. The van der Waals surface area contributed by atoms with Crippen LogP contribution in [-0.4, -0.2) is 35.1 Å². The molecule has 2 amide bonds. The maximum atomic E-state index is 13.5. The molecule has 0 aliphatic heterocycles. The van der Waals surface area contributed by atoms with Crippen molar-refractivity contribution in [1.82, 2.24) is 10.2 Å². The van der Waals surface area contributed by atoms with Gasteiger partial charge in [-0.05, 0) is 47.9 Å². The van der Waals surface area contributed by atoms with E-state index in [1.807, 2.05) is 49.4 Å². The number of rotatable bonds is 11. The van der Waals surface area contributed by atoms with Gasteiger partial charge >= 0.3 is 0 Å². The number of thioether (sulfide) groups is 1. The molecule has 0 aliphatic carbocycles. The monoisotopic (exact) mass is 548 g/mol. The average Bonchev–Trinajstić information content (AvgIpc) is 2.85. The summed E-state index contributed by atoms with van der Waals surface area (Å²) < 4.78 is 0. The fourth-order valence-corrected chi connectivity index (χ4v) is 5.40. The number of amides is 2. The van der Waals surface area contributed by atoms with Crippen LogP contribution in [0.2, 0.25) is 15.1 Å². The van der Waals surface area contributed by atoms with Gasteiger partial charge in [0.15, 0.2) is 0 Å². The van der Waals surface area contributed by atoms with Crippen LogP contribution in [-0.2, 0) is 28.3 Å². The maximum Gasteiger partial charge on any atom is 0.243 e. The second-order valence-corrected chi connectivity index (χ2v) is 10.2. The van der Waals surface area contributed by atoms with Crippen molar-refractivity contribution in [3.8, 4) is 0 Å². The van der Waals surface area contributed by atoms with Gasteiger partial charge in [0.1, 0.15) is 6.04 Å². The van der Waals surface area contributed by atoms with Gasteiger partial charge in [0.2, 0.25) is 11.8 Å². The Bertz CT molecular complexity index is 1110. The van der Waals surface area contributed by atoms with Crippen molar-refractivity contribution in [2.75, 3.05) is 12.3 Å². The van der Waals surface area contributed by atoms with E-state index >= 15 is 0 Å². The minimum atomic E-state index is -0.662. The first-order valence-electron chi connectivity index (χ1n) is 11.2. The molecule has 3 aromatic carbocycles. The molecule has 0 radical (unpaired) electrons. The molecule has 0 fully saturated rings. The number of hydrogen-bond acceptors (Lipinski definition) is 3. The molecule has 1 atom stereocenters. The highest BCUT2D eigenvalue weighted by Crippen LogP contribution is 2.28. The summed E-state index contributed by atoms with van der Waals surface area (Å²) in [5.74, 6) is 0.349. The fourth-order valence-electron chi connectivity index (χ4n) is 3.63. The van der Waals surface area contributed by atoms with Gasteiger partial charge in [-0.15, -0.1) is 11.8 Å². The zero-order valence-corrected chi connectivity index (χ0v) is 22.4. The third kappa shape index (κ3) is 8.18. The first kappa shape index (κ1) is 27.4. The summed E-state index contributed by atoms with van der Waals surface area (Å²) >= 11 is 20.1. The lowest BCUT2D eigenvalue weighted by atomic mass is 10.0. The zero-order valence-electron chi connectivity index (χ0n) is 19.3. The van der Waals surface area contributed by atoms with Gasteiger partial charge in [0, 0.05) is 40.3 Å². The Morgan fingerprint density at radius 2 is 1.54 bits per heavy atom. The van der Waals surface area contributed by atoms with E-state index in [9.17, 15) is 9.59 Å². The Hall–Kier alpha value is -2.18. The molecular weight excluding hydrogens is 523 g/mol. The predicted molar refractivity (Wildman–Crippen MR) is 147 cm³/mol. The summed E-state index contributed by atoms with van der Waals surface area (Å²) in [7, 11) is 0. The molecule has 3 rings (SSSR count). The lowest BCUT2D eigenvalue weighted by molar-refractivity contribution is -0.139. The topological polar surface area (TPSA) is 49.4 Å². The quantitative estimate of drug-likeness (QED) is 0.291. The number of carbonyl (C=O) groups excluding carboxylic acids is 2. The molecule has 0 saturated heterocycles. The summed E-state index contributed by atoms with van der Waals surface area (Å²) in [6.45, 7) is 2.64. The van der Waals surface area contributed by atoms with Crippen LogP contribution in [0.1, 0.15) is 23.6 Å². The predicted octanol–water partition coefficient (Wildman–Crippen LogP) is 6.66. The van der Waals surface area contributed by atoms with Crippen molar-refractivity contribution >= 4 is 58.4 Å². The van der Waals surface area contributed by atoms with E-state index in [0.29, 0.717) is 33.8 Å². The molecule has 0 aromatic heterocycles. The summed E-state index contributed by atoms with van der Waals surface area (Å²) in [4.78, 5) is 28.4. The van der Waals surface area contributed by atoms with Crippen molar-refractivity contribution in [2.45, 2.75) is 31.7 Å². The van der Waals surface area contributed by atoms with E-state index in [4.69, 9.17) is 34.8 Å². The van der Waals surface area contributed by atoms with Gasteiger partial charge in [-0.2, -0.15) is 0 Å². The van der Waals surface area contributed by atoms with Crippen LogP contribution in [0.5, 0.6) is 0 Å². The number of carbonyl (C=O) groups is 2. The van der Waals surface area contributed by atoms with Crippen molar-refractivity contribution in [3.63, 3.8) is 0 Å². The zero-order chi connectivity index (χ0) is 25.2. The fraction of sp³-hybridized carbons (Fsp3) is 0.259. The second-order valence-electron chi connectivity index (χ2n) is 7.94. The smallest absolute Gasteiger partial charge is 0.243 e. The normalized spacial score (nSPS) is 11.7. The summed E-state index contributed by atoms with van der Waals surface area (Å²) in [6, 6.07) is 21.7. The van der Waals surface area contributed by atoms with Crippen LogP contribution < -0.4 is 5.32 Å². The largest absolute Gasteiger partial charge is 0.355 e. The molecule has 0 aliphatic rings. The molecule has 184 valence electrons. The van der Waals surface area contributed by atoms with Crippen LogP contribution in [0, 0.1) is 0 Å².